The second-order valence-electron chi connectivity index (χ2n) is 2.86. The van der Waals surface area contributed by atoms with Crippen molar-refractivity contribution in [3.05, 3.63) is 29.3 Å². The highest BCUT2D eigenvalue weighted by atomic mass is 19.4. The van der Waals surface area contributed by atoms with Crippen LogP contribution < -0.4 is 5.73 Å². The number of hydrogen-bond acceptors (Lipinski definition) is 2. The van der Waals surface area contributed by atoms with Gasteiger partial charge >= 0.3 is 6.30 Å². The molecule has 1 aromatic rings. The van der Waals surface area contributed by atoms with Gasteiger partial charge < -0.3 is 5.73 Å². The number of anilines is 1. The minimum Gasteiger partial charge on any atom is -0.398 e. The monoisotopic (exact) mass is 202 g/mol. The molecule has 76 valence electrons. The number of rotatable bonds is 1. The molecule has 0 aliphatic rings. The molecule has 0 unspecified atom stereocenters. The van der Waals surface area contributed by atoms with Gasteiger partial charge in [-0.3, -0.25) is 0 Å². The summed E-state index contributed by atoms with van der Waals surface area (Å²) < 4.78 is 35.2. The highest BCUT2D eigenvalue weighted by Gasteiger charge is 2.24. The van der Waals surface area contributed by atoms with Crippen LogP contribution in [0.4, 0.5) is 18.9 Å². The first-order valence-electron chi connectivity index (χ1n) is 3.86. The largest absolute Gasteiger partial charge is 0.503 e. The predicted molar refractivity (Wildman–Crippen MR) is 49.2 cm³/mol. The maximum atomic E-state index is 11.7. The Morgan fingerprint density at radius 2 is 2.00 bits per heavy atom. The lowest BCUT2D eigenvalue weighted by Gasteiger charge is -2.02. The van der Waals surface area contributed by atoms with Gasteiger partial charge in [-0.05, 0) is 19.1 Å². The lowest BCUT2D eigenvalue weighted by Crippen LogP contribution is -2.03. The van der Waals surface area contributed by atoms with E-state index in [0.29, 0.717) is 0 Å². The molecule has 0 aliphatic carbocycles. The SMILES string of the molecule is Cc1ccc(N)c(C=NC(F)(F)F)c1. The molecule has 0 aromatic heterocycles. The fourth-order valence-corrected chi connectivity index (χ4v) is 0.949. The van der Waals surface area contributed by atoms with Crippen molar-refractivity contribution in [2.75, 3.05) is 5.73 Å². The molecular formula is C9H9F3N2. The van der Waals surface area contributed by atoms with E-state index < -0.39 is 6.30 Å². The Morgan fingerprint density at radius 3 is 2.57 bits per heavy atom. The van der Waals surface area contributed by atoms with Crippen LogP contribution in [0.15, 0.2) is 23.2 Å². The number of hydrogen-bond donors (Lipinski definition) is 1. The molecule has 0 saturated heterocycles. The molecule has 0 saturated carbocycles. The highest BCUT2D eigenvalue weighted by Crippen LogP contribution is 2.17. The Bertz CT molecular complexity index is 356. The molecule has 14 heavy (non-hydrogen) atoms. The van der Waals surface area contributed by atoms with E-state index in [9.17, 15) is 13.2 Å². The van der Waals surface area contributed by atoms with Crippen molar-refractivity contribution in [1.29, 1.82) is 0 Å². The first-order valence-corrected chi connectivity index (χ1v) is 3.86. The smallest absolute Gasteiger partial charge is 0.398 e. The fraction of sp³-hybridized carbons (Fsp3) is 0.222. The van der Waals surface area contributed by atoms with Crippen LogP contribution in [0, 0.1) is 6.92 Å². The molecule has 0 spiro atoms. The number of nitrogens with two attached hydrogens (primary N) is 1. The van der Waals surface area contributed by atoms with Crippen molar-refractivity contribution in [1.82, 2.24) is 0 Å². The van der Waals surface area contributed by atoms with Crippen molar-refractivity contribution in [3.63, 3.8) is 0 Å². The molecule has 0 heterocycles. The Balaban J connectivity index is 2.97. The molecule has 0 amide bonds. The number of alkyl halides is 3. The summed E-state index contributed by atoms with van der Waals surface area (Å²) in [6.45, 7) is 1.77. The van der Waals surface area contributed by atoms with E-state index >= 15 is 0 Å². The summed E-state index contributed by atoms with van der Waals surface area (Å²) in [6.07, 6.45) is -3.82. The minimum absolute atomic E-state index is 0.280. The van der Waals surface area contributed by atoms with E-state index in [1.54, 1.807) is 25.1 Å². The fourth-order valence-electron chi connectivity index (χ4n) is 0.949. The molecular weight excluding hydrogens is 193 g/mol. The number of halogens is 3. The first-order chi connectivity index (χ1) is 6.38. The Labute approximate surface area is 79.3 Å². The maximum Gasteiger partial charge on any atom is 0.503 e. The van der Waals surface area contributed by atoms with Gasteiger partial charge in [0.2, 0.25) is 0 Å². The Morgan fingerprint density at radius 1 is 1.36 bits per heavy atom. The summed E-state index contributed by atoms with van der Waals surface area (Å²) in [7, 11) is 0. The van der Waals surface area contributed by atoms with Crippen molar-refractivity contribution in [2.24, 2.45) is 4.99 Å². The molecule has 5 heteroatoms. The second kappa shape index (κ2) is 3.69. The zero-order valence-electron chi connectivity index (χ0n) is 7.47. The summed E-state index contributed by atoms with van der Waals surface area (Å²) in [4.78, 5) is 2.42. The van der Waals surface area contributed by atoms with E-state index in [0.717, 1.165) is 11.8 Å². The number of nitrogen functional groups attached to an aromatic ring is 1. The summed E-state index contributed by atoms with van der Waals surface area (Å²) in [5.74, 6) is 0. The standard InChI is InChI=1S/C9H9F3N2/c1-6-2-3-8(13)7(4-6)5-14-9(10,11)12/h2-5H,13H2,1H3. The third-order valence-electron chi connectivity index (χ3n) is 1.59. The van der Waals surface area contributed by atoms with E-state index in [1.807, 2.05) is 0 Å². The third kappa shape index (κ3) is 3.08. The molecule has 1 aromatic carbocycles. The molecule has 2 nitrogen and oxygen atoms in total. The summed E-state index contributed by atoms with van der Waals surface area (Å²) in [5, 5.41) is 0. The van der Waals surface area contributed by atoms with Crippen LogP contribution >= 0.6 is 0 Å². The van der Waals surface area contributed by atoms with Gasteiger partial charge in [-0.15, -0.1) is 13.2 Å². The number of benzene rings is 1. The van der Waals surface area contributed by atoms with E-state index in [4.69, 9.17) is 5.73 Å². The van der Waals surface area contributed by atoms with Gasteiger partial charge in [0.05, 0.1) is 0 Å². The van der Waals surface area contributed by atoms with Gasteiger partial charge in [-0.2, -0.15) is 4.99 Å². The lowest BCUT2D eigenvalue weighted by molar-refractivity contribution is -0.119. The van der Waals surface area contributed by atoms with Crippen LogP contribution in [0.2, 0.25) is 0 Å². The molecule has 0 aliphatic heterocycles. The van der Waals surface area contributed by atoms with E-state index in [1.165, 1.54) is 0 Å². The predicted octanol–water partition coefficient (Wildman–Crippen LogP) is 2.52. The van der Waals surface area contributed by atoms with Crippen LogP contribution in [-0.2, 0) is 0 Å². The van der Waals surface area contributed by atoms with Crippen LogP contribution in [0.25, 0.3) is 0 Å². The average molecular weight is 202 g/mol. The van der Waals surface area contributed by atoms with E-state index in [-0.39, 0.29) is 11.3 Å². The van der Waals surface area contributed by atoms with Crippen molar-refractivity contribution >= 4 is 11.9 Å². The maximum absolute atomic E-state index is 11.7. The topological polar surface area (TPSA) is 38.4 Å². The Hall–Kier alpha value is -1.52. The summed E-state index contributed by atoms with van der Waals surface area (Å²) >= 11 is 0. The highest BCUT2D eigenvalue weighted by molar-refractivity contribution is 5.87. The summed E-state index contributed by atoms with van der Waals surface area (Å²) in [5.41, 5.74) is 6.86. The Kier molecular flexibility index (Phi) is 2.78. The number of aryl methyl sites for hydroxylation is 1. The molecule has 0 fully saturated rings. The van der Waals surface area contributed by atoms with Crippen LogP contribution in [0.5, 0.6) is 0 Å². The van der Waals surface area contributed by atoms with Gasteiger partial charge in [-0.1, -0.05) is 11.6 Å². The van der Waals surface area contributed by atoms with Gasteiger partial charge in [0, 0.05) is 17.5 Å². The van der Waals surface area contributed by atoms with Crippen molar-refractivity contribution < 1.29 is 13.2 Å². The molecule has 0 radical (unpaired) electrons. The minimum atomic E-state index is -4.55. The normalized spacial score (nSPS) is 12.3. The van der Waals surface area contributed by atoms with Crippen LogP contribution in [-0.4, -0.2) is 12.5 Å². The van der Waals surface area contributed by atoms with Gasteiger partial charge in [0.1, 0.15) is 0 Å². The number of aliphatic imine (C=N–C) groups is 1. The lowest BCUT2D eigenvalue weighted by atomic mass is 10.1. The van der Waals surface area contributed by atoms with E-state index in [2.05, 4.69) is 4.99 Å². The van der Waals surface area contributed by atoms with Crippen LogP contribution in [0.3, 0.4) is 0 Å². The van der Waals surface area contributed by atoms with Gasteiger partial charge in [0.25, 0.3) is 0 Å². The van der Waals surface area contributed by atoms with Crippen molar-refractivity contribution in [2.45, 2.75) is 13.2 Å². The number of nitrogens with zero attached hydrogens (tertiary/aromatic N) is 1. The molecule has 0 bridgehead atoms. The second-order valence-corrected chi connectivity index (χ2v) is 2.86. The van der Waals surface area contributed by atoms with Gasteiger partial charge in [-0.25, -0.2) is 0 Å². The quantitative estimate of drug-likeness (QED) is 0.424. The molecule has 2 N–H and O–H groups in total. The average Bonchev–Trinajstić information content (AvgIpc) is 2.05. The zero-order valence-corrected chi connectivity index (χ0v) is 7.47. The molecule has 1 rings (SSSR count). The molecule has 0 atom stereocenters. The van der Waals surface area contributed by atoms with Gasteiger partial charge in [0.15, 0.2) is 0 Å². The third-order valence-corrected chi connectivity index (χ3v) is 1.59. The van der Waals surface area contributed by atoms with Crippen molar-refractivity contribution in [3.8, 4) is 0 Å². The van der Waals surface area contributed by atoms with Crippen LogP contribution in [0.1, 0.15) is 11.1 Å². The zero-order chi connectivity index (χ0) is 10.8. The summed E-state index contributed by atoms with van der Waals surface area (Å²) in [6, 6.07) is 4.82. The first kappa shape index (κ1) is 10.6.